The molecule has 1 aromatic rings. The number of nitro benzene ring substituents is 1. The second-order valence-electron chi connectivity index (χ2n) is 3.93. The van der Waals surface area contributed by atoms with Crippen LogP contribution >= 0.6 is 11.6 Å². The average molecular weight is 273 g/mol. The average Bonchev–Trinajstić information content (AvgIpc) is 2.34. The van der Waals surface area contributed by atoms with E-state index in [4.69, 9.17) is 16.7 Å². The molecule has 0 saturated carbocycles. The summed E-state index contributed by atoms with van der Waals surface area (Å²) in [5.41, 5.74) is 0.374. The van der Waals surface area contributed by atoms with Crippen molar-refractivity contribution in [2.24, 2.45) is 0 Å². The molecule has 0 aromatic heterocycles. The molecule has 100 valence electrons. The first-order valence-electron chi connectivity index (χ1n) is 5.90. The summed E-state index contributed by atoms with van der Waals surface area (Å²) in [5, 5.41) is 20.4. The van der Waals surface area contributed by atoms with Gasteiger partial charge in [-0.1, -0.05) is 31.0 Å². The van der Waals surface area contributed by atoms with Crippen LogP contribution < -0.4 is 4.90 Å². The Kier molecular flexibility index (Phi) is 5.88. The third kappa shape index (κ3) is 3.58. The maximum absolute atomic E-state index is 11.0. The van der Waals surface area contributed by atoms with E-state index < -0.39 is 4.92 Å². The molecular formula is C12H17ClN2O3. The molecule has 0 saturated heterocycles. The Morgan fingerprint density at radius 3 is 2.72 bits per heavy atom. The fourth-order valence-corrected chi connectivity index (χ4v) is 2.06. The number of aliphatic hydroxyl groups excluding tert-OH is 1. The van der Waals surface area contributed by atoms with Gasteiger partial charge in [0.05, 0.1) is 16.6 Å². The Balaban J connectivity index is 3.12. The second-order valence-corrected chi connectivity index (χ2v) is 4.34. The minimum absolute atomic E-state index is 0.0212. The Bertz CT molecular complexity index is 412. The molecule has 1 N–H and O–H groups in total. The minimum Gasteiger partial charge on any atom is -0.395 e. The predicted octanol–water partition coefficient (Wildman–Crippen LogP) is 2.85. The number of aliphatic hydroxyl groups is 1. The molecule has 0 heterocycles. The predicted molar refractivity (Wildman–Crippen MR) is 72.3 cm³/mol. The molecule has 0 aliphatic rings. The Hall–Kier alpha value is -1.33. The van der Waals surface area contributed by atoms with E-state index in [1.54, 1.807) is 17.0 Å². The van der Waals surface area contributed by atoms with Gasteiger partial charge in [0, 0.05) is 19.2 Å². The van der Waals surface area contributed by atoms with Gasteiger partial charge in [-0.2, -0.15) is 0 Å². The van der Waals surface area contributed by atoms with Crippen LogP contribution in [-0.4, -0.2) is 29.7 Å². The van der Waals surface area contributed by atoms with Crippen LogP contribution in [0.15, 0.2) is 18.2 Å². The highest BCUT2D eigenvalue weighted by Gasteiger charge is 2.21. The van der Waals surface area contributed by atoms with Gasteiger partial charge in [-0.15, -0.1) is 0 Å². The van der Waals surface area contributed by atoms with E-state index in [0.717, 1.165) is 12.8 Å². The minimum atomic E-state index is -0.447. The van der Waals surface area contributed by atoms with Crippen molar-refractivity contribution in [3.63, 3.8) is 0 Å². The summed E-state index contributed by atoms with van der Waals surface area (Å²) in [6.45, 7) is 2.95. The number of hydrogen-bond acceptors (Lipinski definition) is 4. The standard InChI is InChI=1S/C12H17ClN2O3/c1-2-3-7-14(8-9-16)12-10(13)5-4-6-11(12)15(17)18/h4-6,16H,2-3,7-9H2,1H3. The molecule has 1 rings (SSSR count). The largest absolute Gasteiger partial charge is 0.395 e. The number of benzene rings is 1. The fourth-order valence-electron chi connectivity index (χ4n) is 1.77. The number of anilines is 1. The summed E-state index contributed by atoms with van der Waals surface area (Å²) < 4.78 is 0. The lowest BCUT2D eigenvalue weighted by Crippen LogP contribution is -2.28. The van der Waals surface area contributed by atoms with E-state index in [1.165, 1.54) is 6.07 Å². The zero-order valence-corrected chi connectivity index (χ0v) is 11.1. The van der Waals surface area contributed by atoms with Crippen LogP contribution in [0.5, 0.6) is 0 Å². The molecule has 0 atom stereocenters. The first kappa shape index (κ1) is 14.7. The summed E-state index contributed by atoms with van der Waals surface area (Å²) in [5.74, 6) is 0. The monoisotopic (exact) mass is 272 g/mol. The van der Waals surface area contributed by atoms with E-state index >= 15 is 0 Å². The molecule has 0 aliphatic carbocycles. The lowest BCUT2D eigenvalue weighted by Gasteiger charge is -2.24. The quantitative estimate of drug-likeness (QED) is 0.612. The van der Waals surface area contributed by atoms with E-state index in [0.29, 0.717) is 23.8 Å². The highest BCUT2D eigenvalue weighted by atomic mass is 35.5. The number of nitro groups is 1. The maximum Gasteiger partial charge on any atom is 0.294 e. The summed E-state index contributed by atoms with van der Waals surface area (Å²) in [7, 11) is 0. The van der Waals surface area contributed by atoms with E-state index in [-0.39, 0.29) is 12.3 Å². The van der Waals surface area contributed by atoms with Crippen molar-refractivity contribution >= 4 is 23.0 Å². The number of hydrogen-bond donors (Lipinski definition) is 1. The number of para-hydroxylation sites is 1. The van der Waals surface area contributed by atoms with Crippen LogP contribution in [0.4, 0.5) is 11.4 Å². The molecule has 0 radical (unpaired) electrons. The topological polar surface area (TPSA) is 66.6 Å². The Morgan fingerprint density at radius 2 is 2.17 bits per heavy atom. The second kappa shape index (κ2) is 7.18. The summed E-state index contributed by atoms with van der Waals surface area (Å²) in [6, 6.07) is 4.61. The van der Waals surface area contributed by atoms with E-state index in [2.05, 4.69) is 0 Å². The molecule has 0 unspecified atom stereocenters. The molecule has 18 heavy (non-hydrogen) atoms. The SMILES string of the molecule is CCCCN(CCO)c1c(Cl)cccc1[N+](=O)[O-]. The van der Waals surface area contributed by atoms with Gasteiger partial charge in [0.2, 0.25) is 0 Å². The van der Waals surface area contributed by atoms with Crippen LogP contribution in [0.25, 0.3) is 0 Å². The van der Waals surface area contributed by atoms with E-state index in [1.807, 2.05) is 6.92 Å². The number of halogens is 1. The van der Waals surface area contributed by atoms with Crippen molar-refractivity contribution in [2.75, 3.05) is 24.6 Å². The van der Waals surface area contributed by atoms with Crippen molar-refractivity contribution < 1.29 is 10.0 Å². The molecule has 1 aromatic carbocycles. The van der Waals surface area contributed by atoms with Gasteiger partial charge < -0.3 is 10.0 Å². The molecule has 0 spiro atoms. The van der Waals surface area contributed by atoms with Gasteiger partial charge >= 0.3 is 0 Å². The van der Waals surface area contributed by atoms with Crippen molar-refractivity contribution in [3.05, 3.63) is 33.3 Å². The molecule has 5 nitrogen and oxygen atoms in total. The van der Waals surface area contributed by atoms with Gasteiger partial charge in [-0.25, -0.2) is 0 Å². The molecule has 0 aliphatic heterocycles. The summed E-state index contributed by atoms with van der Waals surface area (Å²) in [6.07, 6.45) is 1.86. The third-order valence-electron chi connectivity index (χ3n) is 2.63. The molecule has 0 amide bonds. The summed E-state index contributed by atoms with van der Waals surface area (Å²) >= 11 is 6.06. The van der Waals surface area contributed by atoms with Crippen LogP contribution in [0.1, 0.15) is 19.8 Å². The smallest absolute Gasteiger partial charge is 0.294 e. The molecular weight excluding hydrogens is 256 g/mol. The molecule has 6 heteroatoms. The summed E-state index contributed by atoms with van der Waals surface area (Å²) in [4.78, 5) is 12.3. The van der Waals surface area contributed by atoms with Crippen molar-refractivity contribution in [1.82, 2.24) is 0 Å². The maximum atomic E-state index is 11.0. The zero-order chi connectivity index (χ0) is 13.5. The molecule has 0 fully saturated rings. The van der Waals surface area contributed by atoms with E-state index in [9.17, 15) is 10.1 Å². The van der Waals surface area contributed by atoms with Gasteiger partial charge in [0.15, 0.2) is 0 Å². The molecule has 0 bridgehead atoms. The highest BCUT2D eigenvalue weighted by Crippen LogP contribution is 2.35. The van der Waals surface area contributed by atoms with Gasteiger partial charge in [-0.3, -0.25) is 10.1 Å². The number of nitrogens with zero attached hydrogens (tertiary/aromatic N) is 2. The first-order valence-corrected chi connectivity index (χ1v) is 6.28. The first-order chi connectivity index (χ1) is 8.61. The van der Waals surface area contributed by atoms with Gasteiger partial charge in [-0.05, 0) is 12.5 Å². The van der Waals surface area contributed by atoms with Crippen LogP contribution in [0.2, 0.25) is 5.02 Å². The van der Waals surface area contributed by atoms with Crippen LogP contribution in [-0.2, 0) is 0 Å². The Labute approximate surface area is 111 Å². The van der Waals surface area contributed by atoms with Crippen molar-refractivity contribution in [3.8, 4) is 0 Å². The van der Waals surface area contributed by atoms with Crippen molar-refractivity contribution in [1.29, 1.82) is 0 Å². The third-order valence-corrected chi connectivity index (χ3v) is 2.93. The lowest BCUT2D eigenvalue weighted by molar-refractivity contribution is -0.384. The van der Waals surface area contributed by atoms with Crippen LogP contribution in [0, 0.1) is 10.1 Å². The number of rotatable bonds is 7. The fraction of sp³-hybridized carbons (Fsp3) is 0.500. The van der Waals surface area contributed by atoms with Crippen LogP contribution in [0.3, 0.4) is 0 Å². The highest BCUT2D eigenvalue weighted by molar-refractivity contribution is 6.33. The van der Waals surface area contributed by atoms with Crippen molar-refractivity contribution in [2.45, 2.75) is 19.8 Å². The lowest BCUT2D eigenvalue weighted by atomic mass is 10.2. The number of unbranched alkanes of at least 4 members (excludes halogenated alkanes) is 1. The van der Waals surface area contributed by atoms with Gasteiger partial charge in [0.1, 0.15) is 5.69 Å². The van der Waals surface area contributed by atoms with Gasteiger partial charge in [0.25, 0.3) is 5.69 Å². The Morgan fingerprint density at radius 1 is 1.44 bits per heavy atom. The normalized spacial score (nSPS) is 10.4. The zero-order valence-electron chi connectivity index (χ0n) is 10.3.